The number of nitro groups is 1. The number of rotatable bonds is 7. The van der Waals surface area contributed by atoms with Crippen molar-refractivity contribution in [3.05, 3.63) is 123 Å². The summed E-state index contributed by atoms with van der Waals surface area (Å²) in [5, 5.41) is 21.5. The van der Waals surface area contributed by atoms with Crippen LogP contribution in [0.2, 0.25) is 0 Å². The minimum Gasteiger partial charge on any atom is -0.400 e. The number of aliphatic hydroxyl groups is 1. The van der Waals surface area contributed by atoms with E-state index in [1.165, 1.54) is 16.7 Å². The van der Waals surface area contributed by atoms with Gasteiger partial charge < -0.3 is 19.8 Å². The number of pyridine rings is 1. The number of nitrogens with one attached hydrogen (secondary N) is 1. The van der Waals surface area contributed by atoms with Crippen LogP contribution in [0.1, 0.15) is 40.9 Å². The zero-order chi connectivity index (χ0) is 32.0. The standard InChI is InChI=1S/C28H25N3O5.C2H6.C2H4.CH4O/c1-17-5-4-6-18(2)26(17)27(33)29-22(16-32)13-19-7-9-20(10-8-19)24-15-21-14-23(31(35)36)11-12-25(21)30(3)28(24)34;3*1-2/h4-12,14-16,22H,13H2,1-3H3,(H,29,33);1-2H3;1-2H2;2H,1H3. The third-order valence-corrected chi connectivity index (χ3v) is 6.33. The number of non-ortho nitro benzene ring substituents is 1. The molecule has 0 spiro atoms. The summed E-state index contributed by atoms with van der Waals surface area (Å²) in [6, 6.07) is 18.0. The molecule has 4 aromatic rings. The fourth-order valence-electron chi connectivity index (χ4n) is 4.41. The number of aryl methyl sites for hydroxylation is 3. The van der Waals surface area contributed by atoms with Crippen molar-refractivity contribution in [3.63, 3.8) is 0 Å². The van der Waals surface area contributed by atoms with E-state index in [-0.39, 0.29) is 17.2 Å². The second kappa shape index (κ2) is 17.0. The van der Waals surface area contributed by atoms with Gasteiger partial charge in [-0.2, -0.15) is 0 Å². The van der Waals surface area contributed by atoms with Crippen molar-refractivity contribution < 1.29 is 19.6 Å². The topological polar surface area (TPSA) is 132 Å². The van der Waals surface area contributed by atoms with E-state index in [0.717, 1.165) is 23.8 Å². The van der Waals surface area contributed by atoms with E-state index in [1.54, 1.807) is 43.4 Å². The van der Waals surface area contributed by atoms with Gasteiger partial charge in [-0.3, -0.25) is 19.7 Å². The monoisotopic (exact) mass is 573 g/mol. The molecule has 1 unspecified atom stereocenters. The van der Waals surface area contributed by atoms with Gasteiger partial charge in [-0.15, -0.1) is 13.2 Å². The number of aliphatic hydroxyl groups excluding tert-OH is 1. The fraction of sp³-hybridized carbons (Fsp3) is 0.242. The van der Waals surface area contributed by atoms with Gasteiger partial charge in [0.05, 0.1) is 16.5 Å². The summed E-state index contributed by atoms with van der Waals surface area (Å²) in [6.07, 6.45) is 1.01. The van der Waals surface area contributed by atoms with Crippen LogP contribution in [0.3, 0.4) is 0 Å². The molecule has 222 valence electrons. The molecule has 4 rings (SSSR count). The molecule has 1 aromatic heterocycles. The van der Waals surface area contributed by atoms with Crippen LogP contribution < -0.4 is 10.9 Å². The van der Waals surface area contributed by atoms with Crippen molar-refractivity contribution in [3.8, 4) is 11.1 Å². The number of hydrogen-bond acceptors (Lipinski definition) is 6. The van der Waals surface area contributed by atoms with Crippen molar-refractivity contribution in [1.29, 1.82) is 0 Å². The van der Waals surface area contributed by atoms with Crippen molar-refractivity contribution in [2.24, 2.45) is 7.05 Å². The minimum atomic E-state index is -0.712. The number of nitrogens with zero attached hydrogens (tertiary/aromatic N) is 2. The van der Waals surface area contributed by atoms with Gasteiger partial charge in [-0.1, -0.05) is 56.3 Å². The van der Waals surface area contributed by atoms with Gasteiger partial charge in [0.1, 0.15) is 6.29 Å². The normalized spacial score (nSPS) is 10.5. The molecule has 2 N–H and O–H groups in total. The molecule has 1 atom stereocenters. The van der Waals surface area contributed by atoms with Crippen LogP contribution in [0.4, 0.5) is 5.69 Å². The van der Waals surface area contributed by atoms with Gasteiger partial charge in [-0.05, 0) is 54.7 Å². The van der Waals surface area contributed by atoms with Crippen LogP contribution in [0.5, 0.6) is 0 Å². The molecule has 0 aliphatic heterocycles. The number of nitro benzene ring substituents is 1. The maximum atomic E-state index is 13.0. The van der Waals surface area contributed by atoms with Gasteiger partial charge in [0.15, 0.2) is 0 Å². The SMILES string of the molecule is C=C.CC.CO.Cc1cccc(C)c1C(=O)NC(C=O)Cc1ccc(-c2cc3cc([N+](=O)[O-])ccc3n(C)c2=O)cc1. The van der Waals surface area contributed by atoms with Crippen LogP contribution in [-0.2, 0) is 18.3 Å². The lowest BCUT2D eigenvalue weighted by Crippen LogP contribution is -2.38. The van der Waals surface area contributed by atoms with Crippen LogP contribution in [0.15, 0.2) is 84.7 Å². The predicted molar refractivity (Wildman–Crippen MR) is 169 cm³/mol. The largest absolute Gasteiger partial charge is 0.400 e. The molecular formula is C33H39N3O6. The highest BCUT2D eigenvalue weighted by Crippen LogP contribution is 2.25. The third-order valence-electron chi connectivity index (χ3n) is 6.33. The van der Waals surface area contributed by atoms with Crippen molar-refractivity contribution >= 4 is 28.8 Å². The number of fused-ring (bicyclic) bond motifs is 1. The summed E-state index contributed by atoms with van der Waals surface area (Å²) >= 11 is 0. The first-order valence-corrected chi connectivity index (χ1v) is 13.3. The Hall–Kier alpha value is -4.89. The molecule has 0 radical (unpaired) electrons. The molecule has 0 saturated carbocycles. The molecule has 42 heavy (non-hydrogen) atoms. The maximum absolute atomic E-state index is 13.0. The molecule has 0 saturated heterocycles. The lowest BCUT2D eigenvalue weighted by molar-refractivity contribution is -0.384. The third kappa shape index (κ3) is 8.31. The highest BCUT2D eigenvalue weighted by Gasteiger charge is 2.18. The number of benzene rings is 3. The summed E-state index contributed by atoms with van der Waals surface area (Å²) in [7, 11) is 2.63. The highest BCUT2D eigenvalue weighted by atomic mass is 16.6. The Bertz CT molecular complexity index is 1560. The van der Waals surface area contributed by atoms with Crippen molar-refractivity contribution in [2.45, 2.75) is 40.2 Å². The zero-order valence-corrected chi connectivity index (χ0v) is 25.0. The molecule has 1 heterocycles. The number of aldehydes is 1. The number of hydrogen-bond donors (Lipinski definition) is 2. The molecular weight excluding hydrogens is 534 g/mol. The van der Waals surface area contributed by atoms with E-state index in [1.807, 2.05) is 45.9 Å². The highest BCUT2D eigenvalue weighted by molar-refractivity contribution is 5.98. The smallest absolute Gasteiger partial charge is 0.270 e. The lowest BCUT2D eigenvalue weighted by Gasteiger charge is -2.16. The van der Waals surface area contributed by atoms with Crippen molar-refractivity contribution in [2.75, 3.05) is 7.11 Å². The van der Waals surface area contributed by atoms with Crippen molar-refractivity contribution in [1.82, 2.24) is 9.88 Å². The molecule has 0 fully saturated rings. The van der Waals surface area contributed by atoms with Gasteiger partial charge in [0.25, 0.3) is 17.2 Å². The molecule has 1 amide bonds. The Morgan fingerprint density at radius 1 is 1.02 bits per heavy atom. The van der Waals surface area contributed by atoms with E-state index in [2.05, 4.69) is 18.5 Å². The summed E-state index contributed by atoms with van der Waals surface area (Å²) in [5.41, 5.74) is 4.42. The second-order valence-corrected chi connectivity index (χ2v) is 8.81. The predicted octanol–water partition coefficient (Wildman–Crippen LogP) is 5.71. The molecule has 0 aliphatic rings. The molecule has 3 aromatic carbocycles. The van der Waals surface area contributed by atoms with Gasteiger partial charge in [-0.25, -0.2) is 0 Å². The Morgan fingerprint density at radius 3 is 2.12 bits per heavy atom. The molecule has 9 nitrogen and oxygen atoms in total. The summed E-state index contributed by atoms with van der Waals surface area (Å²) in [4.78, 5) is 48.1. The average Bonchev–Trinajstić information content (AvgIpc) is 3.01. The number of carbonyl (C=O) groups excluding carboxylic acids is 2. The number of aromatic nitrogens is 1. The Morgan fingerprint density at radius 2 is 1.60 bits per heavy atom. The summed E-state index contributed by atoms with van der Waals surface area (Å²) < 4.78 is 1.47. The average molecular weight is 574 g/mol. The van der Waals surface area contributed by atoms with E-state index in [0.29, 0.717) is 40.3 Å². The first-order valence-electron chi connectivity index (χ1n) is 13.3. The van der Waals surface area contributed by atoms with E-state index in [9.17, 15) is 24.5 Å². The lowest BCUT2D eigenvalue weighted by atomic mass is 9.99. The van der Waals surface area contributed by atoms with Gasteiger partial charge in [0.2, 0.25) is 0 Å². The van der Waals surface area contributed by atoms with Crippen LogP contribution >= 0.6 is 0 Å². The van der Waals surface area contributed by atoms with Gasteiger partial charge >= 0.3 is 0 Å². The Balaban J connectivity index is 0.00000138. The molecule has 0 aliphatic carbocycles. The first kappa shape index (κ1) is 35.1. The number of amides is 1. The van der Waals surface area contributed by atoms with Crippen LogP contribution in [-0.4, -0.2) is 39.9 Å². The van der Waals surface area contributed by atoms with E-state index in [4.69, 9.17) is 5.11 Å². The number of carbonyl (C=O) groups is 2. The maximum Gasteiger partial charge on any atom is 0.270 e. The Kier molecular flexibility index (Phi) is 14.3. The zero-order valence-electron chi connectivity index (χ0n) is 25.0. The fourth-order valence-corrected chi connectivity index (χ4v) is 4.41. The Labute approximate surface area is 246 Å². The van der Waals surface area contributed by atoms with Gasteiger partial charge in [0, 0.05) is 42.8 Å². The quantitative estimate of drug-likeness (QED) is 0.126. The molecule has 9 heteroatoms. The second-order valence-electron chi connectivity index (χ2n) is 8.81. The van der Waals surface area contributed by atoms with Crippen LogP contribution in [0, 0.1) is 24.0 Å². The molecule has 0 bridgehead atoms. The van der Waals surface area contributed by atoms with E-state index >= 15 is 0 Å². The minimum absolute atomic E-state index is 0.0507. The summed E-state index contributed by atoms with van der Waals surface area (Å²) in [6.45, 7) is 13.7. The van der Waals surface area contributed by atoms with E-state index < -0.39 is 11.0 Å². The summed E-state index contributed by atoms with van der Waals surface area (Å²) in [5.74, 6) is -0.298. The van der Waals surface area contributed by atoms with Crippen LogP contribution in [0.25, 0.3) is 22.0 Å². The first-order chi connectivity index (χ1) is 20.2.